The molecule has 0 saturated carbocycles. The predicted octanol–water partition coefficient (Wildman–Crippen LogP) is 2.34. The molecule has 2 aliphatic heterocycles. The molecule has 1 aromatic heterocycles. The van der Waals surface area contributed by atoms with Gasteiger partial charge in [0.2, 0.25) is 0 Å². The minimum atomic E-state index is -0.390. The second-order valence-corrected chi connectivity index (χ2v) is 6.54. The van der Waals surface area contributed by atoms with E-state index in [1.807, 2.05) is 0 Å². The van der Waals surface area contributed by atoms with Gasteiger partial charge in [-0.1, -0.05) is 0 Å². The van der Waals surface area contributed by atoms with Crippen molar-refractivity contribution in [3.63, 3.8) is 0 Å². The number of aromatic nitrogens is 1. The largest absolute Gasteiger partial charge is 0.361 e. The third-order valence-corrected chi connectivity index (χ3v) is 5.32. The summed E-state index contributed by atoms with van der Waals surface area (Å²) in [7, 11) is 2.23. The normalized spacial score (nSPS) is 30.5. The van der Waals surface area contributed by atoms with Crippen molar-refractivity contribution in [3.05, 3.63) is 16.3 Å². The molecule has 2 saturated heterocycles. The maximum atomic E-state index is 10.6. The molecule has 3 rings (SSSR count). The molecule has 2 fully saturated rings. The first-order chi connectivity index (χ1) is 9.13. The van der Waals surface area contributed by atoms with Crippen LogP contribution in [0.5, 0.6) is 0 Å². The number of piperidine rings is 1. The highest BCUT2D eigenvalue weighted by Crippen LogP contribution is 2.37. The van der Waals surface area contributed by atoms with Gasteiger partial charge in [0.25, 0.3) is 0 Å². The van der Waals surface area contributed by atoms with Crippen LogP contribution in [-0.4, -0.2) is 40.5 Å². The third-order valence-electron chi connectivity index (χ3n) is 4.41. The van der Waals surface area contributed by atoms with E-state index in [1.165, 1.54) is 31.9 Å². The van der Waals surface area contributed by atoms with Crippen molar-refractivity contribution in [3.8, 4) is 0 Å². The lowest BCUT2D eigenvalue weighted by atomic mass is 9.91. The van der Waals surface area contributed by atoms with Crippen LogP contribution in [0.15, 0.2) is 6.20 Å². The Hall–Kier alpha value is -1.21. The Morgan fingerprint density at radius 2 is 2.21 bits per heavy atom. The molecule has 0 aromatic carbocycles. The molecule has 1 N–H and O–H groups in total. The van der Waals surface area contributed by atoms with Gasteiger partial charge in [0, 0.05) is 18.6 Å². The van der Waals surface area contributed by atoms with Crippen LogP contribution in [0.2, 0.25) is 0 Å². The van der Waals surface area contributed by atoms with Gasteiger partial charge in [-0.3, -0.25) is 10.1 Å². The number of rotatable bonds is 4. The van der Waals surface area contributed by atoms with E-state index in [9.17, 15) is 10.1 Å². The summed E-state index contributed by atoms with van der Waals surface area (Å²) in [5, 5.41) is 14.6. The van der Waals surface area contributed by atoms with Crippen LogP contribution in [0.1, 0.15) is 25.7 Å². The smallest absolute Gasteiger partial charge is 0.345 e. The first-order valence-electron chi connectivity index (χ1n) is 6.69. The number of hydrogen-bond donors (Lipinski definition) is 1. The summed E-state index contributed by atoms with van der Waals surface area (Å²) < 4.78 is 0. The van der Waals surface area contributed by atoms with Gasteiger partial charge in [-0.25, -0.2) is 4.98 Å². The molecule has 1 aromatic rings. The molecule has 2 atom stereocenters. The minimum Gasteiger partial charge on any atom is -0.361 e. The second-order valence-electron chi connectivity index (χ2n) is 5.53. The molecule has 2 unspecified atom stereocenters. The minimum absolute atomic E-state index is 0.103. The van der Waals surface area contributed by atoms with Crippen LogP contribution in [0.4, 0.5) is 10.1 Å². The van der Waals surface area contributed by atoms with Crippen LogP contribution in [-0.2, 0) is 0 Å². The Bertz CT molecular complexity index is 464. The van der Waals surface area contributed by atoms with Crippen LogP contribution in [0.25, 0.3) is 0 Å². The number of hydrogen-bond acceptors (Lipinski definition) is 6. The summed E-state index contributed by atoms with van der Waals surface area (Å²) in [4.78, 5) is 16.8. The summed E-state index contributed by atoms with van der Waals surface area (Å²) in [5.74, 6) is 0.664. The zero-order chi connectivity index (χ0) is 13.4. The van der Waals surface area contributed by atoms with Crippen LogP contribution in [0.3, 0.4) is 0 Å². The van der Waals surface area contributed by atoms with Gasteiger partial charge in [-0.05, 0) is 50.0 Å². The lowest BCUT2D eigenvalue weighted by Crippen LogP contribution is -2.41. The van der Waals surface area contributed by atoms with Crippen molar-refractivity contribution in [2.45, 2.75) is 37.8 Å². The van der Waals surface area contributed by atoms with E-state index in [-0.39, 0.29) is 5.00 Å². The van der Waals surface area contributed by atoms with Gasteiger partial charge in [0.15, 0.2) is 5.13 Å². The van der Waals surface area contributed by atoms with Crippen LogP contribution in [0, 0.1) is 16.0 Å². The first kappa shape index (κ1) is 12.8. The van der Waals surface area contributed by atoms with Crippen molar-refractivity contribution >= 4 is 21.5 Å². The maximum Gasteiger partial charge on any atom is 0.345 e. The third kappa shape index (κ3) is 2.57. The molecular weight excluding hydrogens is 264 g/mol. The highest BCUT2D eigenvalue weighted by atomic mass is 32.1. The molecule has 0 spiro atoms. The topological polar surface area (TPSA) is 71.3 Å². The van der Waals surface area contributed by atoms with Gasteiger partial charge in [0.1, 0.15) is 6.20 Å². The molecule has 2 bridgehead atoms. The van der Waals surface area contributed by atoms with Crippen molar-refractivity contribution in [1.82, 2.24) is 9.88 Å². The average Bonchev–Trinajstić information content (AvgIpc) is 2.91. The molecule has 0 aliphatic carbocycles. The van der Waals surface area contributed by atoms with E-state index in [0.29, 0.717) is 11.0 Å². The maximum absolute atomic E-state index is 10.6. The molecule has 0 radical (unpaired) electrons. The SMILES string of the molecule is CN1C2CCC1CC(CNc1ncc([N+](=O)[O-])s1)C2. The molecule has 0 amide bonds. The Labute approximate surface area is 116 Å². The Kier molecular flexibility index (Phi) is 3.40. The Morgan fingerprint density at radius 3 is 2.79 bits per heavy atom. The quantitative estimate of drug-likeness (QED) is 0.678. The van der Waals surface area contributed by atoms with Crippen LogP contribution >= 0.6 is 11.3 Å². The highest BCUT2D eigenvalue weighted by Gasteiger charge is 2.38. The highest BCUT2D eigenvalue weighted by molar-refractivity contribution is 7.18. The lowest BCUT2D eigenvalue weighted by molar-refractivity contribution is -0.380. The summed E-state index contributed by atoms with van der Waals surface area (Å²) >= 11 is 1.12. The molecule has 104 valence electrons. The second kappa shape index (κ2) is 5.05. The van der Waals surface area contributed by atoms with Crippen molar-refractivity contribution in [2.24, 2.45) is 5.92 Å². The fourth-order valence-electron chi connectivity index (χ4n) is 3.35. The zero-order valence-electron chi connectivity index (χ0n) is 10.9. The van der Waals surface area contributed by atoms with Crippen molar-refractivity contribution in [1.29, 1.82) is 0 Å². The van der Waals surface area contributed by atoms with E-state index in [1.54, 1.807) is 0 Å². The number of anilines is 1. The number of thiazole rings is 1. The van der Waals surface area contributed by atoms with Gasteiger partial charge >= 0.3 is 5.00 Å². The molecule has 3 heterocycles. The zero-order valence-corrected chi connectivity index (χ0v) is 11.7. The predicted molar refractivity (Wildman–Crippen MR) is 74.6 cm³/mol. The lowest BCUT2D eigenvalue weighted by Gasteiger charge is -2.36. The molecule has 7 heteroatoms. The van der Waals surface area contributed by atoms with E-state index in [4.69, 9.17) is 0 Å². The fourth-order valence-corrected chi connectivity index (χ4v) is 3.99. The summed E-state index contributed by atoms with van der Waals surface area (Å²) in [6.45, 7) is 0.880. The van der Waals surface area contributed by atoms with Gasteiger partial charge < -0.3 is 10.2 Å². The van der Waals surface area contributed by atoms with E-state index in [0.717, 1.165) is 30.0 Å². The van der Waals surface area contributed by atoms with Crippen molar-refractivity contribution < 1.29 is 4.92 Å². The Balaban J connectivity index is 1.54. The number of nitro groups is 1. The van der Waals surface area contributed by atoms with Gasteiger partial charge in [-0.2, -0.15) is 0 Å². The summed E-state index contributed by atoms with van der Waals surface area (Å²) in [6.07, 6.45) is 6.42. The van der Waals surface area contributed by atoms with E-state index in [2.05, 4.69) is 22.2 Å². The van der Waals surface area contributed by atoms with Crippen LogP contribution < -0.4 is 5.32 Å². The molecule has 2 aliphatic rings. The number of nitrogens with one attached hydrogen (secondary N) is 1. The van der Waals surface area contributed by atoms with E-state index >= 15 is 0 Å². The van der Waals surface area contributed by atoms with Gasteiger partial charge in [0.05, 0.1) is 4.92 Å². The van der Waals surface area contributed by atoms with E-state index < -0.39 is 4.92 Å². The first-order valence-corrected chi connectivity index (χ1v) is 7.51. The summed E-state index contributed by atoms with van der Waals surface area (Å²) in [5.41, 5.74) is 0. The fraction of sp³-hybridized carbons (Fsp3) is 0.750. The average molecular weight is 282 g/mol. The molecule has 6 nitrogen and oxygen atoms in total. The standard InChI is InChI=1S/C12H18N4O2S/c1-15-9-2-3-10(15)5-8(4-9)6-13-12-14-7-11(19-12)16(17)18/h7-10H,2-6H2,1H3,(H,13,14). The van der Waals surface area contributed by atoms with Crippen molar-refractivity contribution in [2.75, 3.05) is 18.9 Å². The molecular formula is C12H18N4O2S. The van der Waals surface area contributed by atoms with Gasteiger partial charge in [-0.15, -0.1) is 0 Å². The molecule has 19 heavy (non-hydrogen) atoms. The number of nitrogens with zero attached hydrogens (tertiary/aromatic N) is 3. The monoisotopic (exact) mass is 282 g/mol. The Morgan fingerprint density at radius 1 is 1.53 bits per heavy atom. The number of fused-ring (bicyclic) bond motifs is 2. The summed E-state index contributed by atoms with van der Waals surface area (Å²) in [6, 6.07) is 1.47.